The van der Waals surface area contributed by atoms with Gasteiger partial charge in [0.05, 0.1) is 17.8 Å². The van der Waals surface area contributed by atoms with E-state index in [1.165, 1.54) is 50.5 Å². The fourth-order valence-corrected chi connectivity index (χ4v) is 8.82. The Balaban J connectivity index is 1.45. The molecule has 2 N–H and O–H groups in total. The minimum atomic E-state index is -0.330. The molecule has 0 saturated heterocycles. The number of ether oxygens (including phenoxy) is 1. The third kappa shape index (κ3) is 2.51. The molecular formula is C25H40O3. The van der Waals surface area contributed by atoms with Crippen molar-refractivity contribution in [1.29, 1.82) is 0 Å². The van der Waals surface area contributed by atoms with Gasteiger partial charge in [0, 0.05) is 7.11 Å². The molecule has 0 radical (unpaired) electrons. The molecule has 0 aromatic carbocycles. The molecule has 0 aromatic rings. The number of fused-ring (bicyclic) bond motifs is 5. The van der Waals surface area contributed by atoms with Crippen LogP contribution in [-0.2, 0) is 4.74 Å². The van der Waals surface area contributed by atoms with Gasteiger partial charge in [0.2, 0.25) is 0 Å². The Bertz CT molecular complexity index is 650. The first kappa shape index (κ1) is 19.6. The van der Waals surface area contributed by atoms with Crippen LogP contribution >= 0.6 is 0 Å². The van der Waals surface area contributed by atoms with Gasteiger partial charge in [-0.2, -0.15) is 0 Å². The van der Waals surface area contributed by atoms with Crippen LogP contribution in [0.25, 0.3) is 0 Å². The van der Waals surface area contributed by atoms with E-state index in [4.69, 9.17) is 4.74 Å². The van der Waals surface area contributed by atoms with Gasteiger partial charge < -0.3 is 14.9 Å². The van der Waals surface area contributed by atoms with E-state index < -0.39 is 0 Å². The zero-order valence-corrected chi connectivity index (χ0v) is 18.1. The average molecular weight is 389 g/mol. The van der Waals surface area contributed by atoms with Crippen LogP contribution in [0.15, 0.2) is 11.6 Å². The van der Waals surface area contributed by atoms with Gasteiger partial charge in [-0.05, 0) is 92.3 Å². The summed E-state index contributed by atoms with van der Waals surface area (Å²) in [7, 11) is 1.92. The largest absolute Gasteiger partial charge is 0.393 e. The van der Waals surface area contributed by atoms with Crippen molar-refractivity contribution in [3.8, 4) is 0 Å². The van der Waals surface area contributed by atoms with E-state index in [0.717, 1.165) is 25.7 Å². The molecule has 5 aliphatic carbocycles. The third-order valence-electron chi connectivity index (χ3n) is 10.7. The van der Waals surface area contributed by atoms with Crippen molar-refractivity contribution in [3.63, 3.8) is 0 Å². The SMILES string of the molecule is COC1([C@H]2CC[C@@]3(C)C(=C[C@@H](O)C4C3CC[C@@]3(C)C4CC[C@@H]3O)C2)CCCC1. The summed E-state index contributed by atoms with van der Waals surface area (Å²) in [5.74, 6) is 2.01. The summed E-state index contributed by atoms with van der Waals surface area (Å²) in [6, 6.07) is 0. The minimum Gasteiger partial charge on any atom is -0.393 e. The number of aliphatic hydroxyl groups is 2. The van der Waals surface area contributed by atoms with Crippen molar-refractivity contribution in [3.05, 3.63) is 11.6 Å². The van der Waals surface area contributed by atoms with E-state index in [2.05, 4.69) is 19.9 Å². The molecule has 0 heterocycles. The summed E-state index contributed by atoms with van der Waals surface area (Å²) < 4.78 is 6.15. The molecule has 3 unspecified atom stereocenters. The van der Waals surface area contributed by atoms with Crippen molar-refractivity contribution >= 4 is 0 Å². The molecule has 0 aromatic heterocycles. The Morgan fingerprint density at radius 2 is 1.68 bits per heavy atom. The first-order chi connectivity index (χ1) is 13.3. The lowest BCUT2D eigenvalue weighted by Gasteiger charge is -2.59. The van der Waals surface area contributed by atoms with Crippen LogP contribution in [0, 0.1) is 34.5 Å². The van der Waals surface area contributed by atoms with Crippen molar-refractivity contribution < 1.29 is 14.9 Å². The molecule has 0 aliphatic heterocycles. The summed E-state index contributed by atoms with van der Waals surface area (Å²) in [6.45, 7) is 4.79. The van der Waals surface area contributed by atoms with Crippen LogP contribution in [0.1, 0.15) is 84.5 Å². The molecule has 0 amide bonds. The highest BCUT2D eigenvalue weighted by molar-refractivity contribution is 5.28. The van der Waals surface area contributed by atoms with Gasteiger partial charge >= 0.3 is 0 Å². The fourth-order valence-electron chi connectivity index (χ4n) is 8.82. The second kappa shape index (κ2) is 6.56. The molecular weight excluding hydrogens is 348 g/mol. The Morgan fingerprint density at radius 1 is 0.929 bits per heavy atom. The fraction of sp³-hybridized carbons (Fsp3) is 0.920. The molecule has 5 rings (SSSR count). The van der Waals surface area contributed by atoms with Crippen molar-refractivity contribution in [2.24, 2.45) is 34.5 Å². The third-order valence-corrected chi connectivity index (χ3v) is 10.7. The van der Waals surface area contributed by atoms with Crippen LogP contribution in [0.5, 0.6) is 0 Å². The standard InChI is InChI=1S/C25H40O3/c1-23-12-8-16(25(28-3)10-4-5-11-25)14-17(23)15-20(26)22-18-6-7-21(27)24(18,2)13-9-19(22)23/h15-16,18-22,26-27H,4-14H2,1-3H3/t16-,18?,19?,20+,21-,22?,23-,24-/m0/s1. The van der Waals surface area contributed by atoms with Gasteiger partial charge in [-0.1, -0.05) is 38.3 Å². The molecule has 0 bridgehead atoms. The predicted octanol–water partition coefficient (Wildman–Crippen LogP) is 4.86. The number of aliphatic hydroxyl groups excluding tert-OH is 2. The molecule has 3 nitrogen and oxygen atoms in total. The molecule has 4 fully saturated rings. The number of hydrogen-bond acceptors (Lipinski definition) is 3. The predicted molar refractivity (Wildman–Crippen MR) is 111 cm³/mol. The van der Waals surface area contributed by atoms with Crippen molar-refractivity contribution in [2.75, 3.05) is 7.11 Å². The van der Waals surface area contributed by atoms with E-state index in [-0.39, 0.29) is 28.6 Å². The maximum absolute atomic E-state index is 11.3. The van der Waals surface area contributed by atoms with Gasteiger partial charge in [-0.15, -0.1) is 0 Å². The lowest BCUT2D eigenvalue weighted by molar-refractivity contribution is -0.114. The van der Waals surface area contributed by atoms with Gasteiger partial charge in [-0.25, -0.2) is 0 Å². The molecule has 158 valence electrons. The van der Waals surface area contributed by atoms with E-state index in [9.17, 15) is 10.2 Å². The first-order valence-corrected chi connectivity index (χ1v) is 12.0. The topological polar surface area (TPSA) is 49.7 Å². The van der Waals surface area contributed by atoms with Gasteiger partial charge in [0.15, 0.2) is 0 Å². The Labute approximate surface area is 170 Å². The van der Waals surface area contributed by atoms with Crippen molar-refractivity contribution in [1.82, 2.24) is 0 Å². The number of allylic oxidation sites excluding steroid dienone is 1. The molecule has 3 heteroatoms. The maximum Gasteiger partial charge on any atom is 0.0757 e. The lowest BCUT2D eigenvalue weighted by Crippen LogP contribution is -2.55. The zero-order valence-electron chi connectivity index (χ0n) is 18.1. The van der Waals surface area contributed by atoms with E-state index in [1.807, 2.05) is 7.11 Å². The Hall–Kier alpha value is -0.380. The second-order valence-corrected chi connectivity index (χ2v) is 11.4. The molecule has 5 aliphatic rings. The Morgan fingerprint density at radius 3 is 2.39 bits per heavy atom. The van der Waals surface area contributed by atoms with Crippen LogP contribution in [0.2, 0.25) is 0 Å². The highest BCUT2D eigenvalue weighted by Crippen LogP contribution is 2.66. The lowest BCUT2D eigenvalue weighted by atomic mass is 9.46. The van der Waals surface area contributed by atoms with Gasteiger partial charge in [-0.3, -0.25) is 0 Å². The molecule has 8 atom stereocenters. The van der Waals surface area contributed by atoms with Crippen LogP contribution < -0.4 is 0 Å². The minimum absolute atomic E-state index is 0.0189. The number of rotatable bonds is 2. The van der Waals surface area contributed by atoms with E-state index in [1.54, 1.807) is 0 Å². The normalized spacial score (nSPS) is 52.5. The quantitative estimate of drug-likeness (QED) is 0.665. The van der Waals surface area contributed by atoms with E-state index >= 15 is 0 Å². The van der Waals surface area contributed by atoms with Crippen molar-refractivity contribution in [2.45, 2.75) is 102 Å². The summed E-state index contributed by atoms with van der Waals surface area (Å²) in [5, 5.41) is 21.9. The molecule has 28 heavy (non-hydrogen) atoms. The highest BCUT2D eigenvalue weighted by atomic mass is 16.5. The van der Waals surface area contributed by atoms with E-state index in [0.29, 0.717) is 23.7 Å². The number of methoxy groups -OCH3 is 1. The smallest absolute Gasteiger partial charge is 0.0757 e. The molecule has 0 spiro atoms. The summed E-state index contributed by atoms with van der Waals surface area (Å²) in [4.78, 5) is 0. The van der Waals surface area contributed by atoms with Gasteiger partial charge in [0.1, 0.15) is 0 Å². The number of hydrogen-bond donors (Lipinski definition) is 2. The molecule has 4 saturated carbocycles. The zero-order chi connectivity index (χ0) is 19.7. The Kier molecular flexibility index (Phi) is 4.58. The summed E-state index contributed by atoms with van der Waals surface area (Å²) in [5.41, 5.74) is 1.88. The van der Waals surface area contributed by atoms with Crippen LogP contribution in [-0.4, -0.2) is 35.1 Å². The van der Waals surface area contributed by atoms with Crippen LogP contribution in [0.4, 0.5) is 0 Å². The monoisotopic (exact) mass is 388 g/mol. The maximum atomic E-state index is 11.3. The first-order valence-electron chi connectivity index (χ1n) is 12.0. The van der Waals surface area contributed by atoms with Crippen LogP contribution in [0.3, 0.4) is 0 Å². The summed E-state index contributed by atoms with van der Waals surface area (Å²) in [6.07, 6.45) is 14.7. The van der Waals surface area contributed by atoms with Gasteiger partial charge in [0.25, 0.3) is 0 Å². The summed E-state index contributed by atoms with van der Waals surface area (Å²) >= 11 is 0. The second-order valence-electron chi connectivity index (χ2n) is 11.4. The average Bonchev–Trinajstić information content (AvgIpc) is 3.28. The highest BCUT2D eigenvalue weighted by Gasteiger charge is 2.61.